The molecule has 2 N–H and O–H groups in total. The summed E-state index contributed by atoms with van der Waals surface area (Å²) in [6.45, 7) is 1.45. The quantitative estimate of drug-likeness (QED) is 0.785. The maximum absolute atomic E-state index is 11.2. The first-order valence-corrected chi connectivity index (χ1v) is 9.27. The highest BCUT2D eigenvalue weighted by molar-refractivity contribution is 7.86. The third kappa shape index (κ3) is 4.21. The molecule has 0 aliphatic carbocycles. The van der Waals surface area contributed by atoms with E-state index in [1.165, 1.54) is 25.1 Å². The van der Waals surface area contributed by atoms with E-state index in [9.17, 15) is 16.8 Å². The lowest BCUT2D eigenvalue weighted by molar-refractivity contribution is 0.476. The van der Waals surface area contributed by atoms with Crippen LogP contribution >= 0.6 is 11.6 Å². The van der Waals surface area contributed by atoms with Crippen molar-refractivity contribution in [2.24, 2.45) is 0 Å². The van der Waals surface area contributed by atoms with Crippen molar-refractivity contribution in [1.29, 1.82) is 0 Å². The molecule has 0 aromatic heterocycles. The van der Waals surface area contributed by atoms with Gasteiger partial charge in [0.2, 0.25) is 0 Å². The van der Waals surface area contributed by atoms with E-state index < -0.39 is 20.2 Å². The zero-order valence-corrected chi connectivity index (χ0v) is 14.0. The third-order valence-corrected chi connectivity index (χ3v) is 5.02. The molecule has 0 unspecified atom stereocenters. The van der Waals surface area contributed by atoms with Crippen molar-refractivity contribution >= 4 is 31.8 Å². The Morgan fingerprint density at radius 3 is 2.00 bits per heavy atom. The van der Waals surface area contributed by atoms with E-state index >= 15 is 0 Å². The summed E-state index contributed by atoms with van der Waals surface area (Å²) in [4.78, 5) is -0.634. The van der Waals surface area contributed by atoms with Gasteiger partial charge in [-0.2, -0.15) is 16.8 Å². The van der Waals surface area contributed by atoms with Crippen molar-refractivity contribution in [2.45, 2.75) is 16.7 Å². The summed E-state index contributed by atoms with van der Waals surface area (Å²) in [5.41, 5.74) is 0.224. The van der Waals surface area contributed by atoms with Crippen LogP contribution < -0.4 is 4.74 Å². The fourth-order valence-electron chi connectivity index (χ4n) is 1.80. The molecule has 10 heteroatoms. The fraction of sp³-hybridized carbons (Fsp3) is 0.0769. The molecule has 2 aromatic rings. The van der Waals surface area contributed by atoms with Crippen LogP contribution in [0.2, 0.25) is 5.02 Å². The topological polar surface area (TPSA) is 118 Å². The van der Waals surface area contributed by atoms with E-state index in [2.05, 4.69) is 0 Å². The van der Waals surface area contributed by atoms with Gasteiger partial charge in [-0.25, -0.2) is 0 Å². The van der Waals surface area contributed by atoms with Gasteiger partial charge in [0.05, 0.1) is 14.8 Å². The van der Waals surface area contributed by atoms with Gasteiger partial charge >= 0.3 is 0 Å². The number of hydrogen-bond donors (Lipinski definition) is 2. The Bertz CT molecular complexity index is 949. The summed E-state index contributed by atoms with van der Waals surface area (Å²) >= 11 is 5.92. The molecular weight excluding hydrogens is 368 g/mol. The summed E-state index contributed by atoms with van der Waals surface area (Å²) in [6.07, 6.45) is 0. The SMILES string of the molecule is Cc1cc(Oc2ccc(S(=O)(=O)O)cc2)c(Cl)cc1S(=O)(=O)O. The molecular formula is C13H11ClO7S2. The van der Waals surface area contributed by atoms with Crippen LogP contribution in [0.15, 0.2) is 46.2 Å². The van der Waals surface area contributed by atoms with Crippen LogP contribution in [0.3, 0.4) is 0 Å². The second-order valence-corrected chi connectivity index (χ2v) is 7.79. The van der Waals surface area contributed by atoms with Gasteiger partial charge in [0.25, 0.3) is 20.2 Å². The zero-order valence-electron chi connectivity index (χ0n) is 11.6. The van der Waals surface area contributed by atoms with Crippen molar-refractivity contribution < 1.29 is 30.7 Å². The number of halogens is 1. The summed E-state index contributed by atoms with van der Waals surface area (Å²) < 4.78 is 67.7. The average molecular weight is 379 g/mol. The molecule has 0 aliphatic heterocycles. The lowest BCUT2D eigenvalue weighted by Crippen LogP contribution is -2.01. The smallest absolute Gasteiger partial charge is 0.294 e. The maximum Gasteiger partial charge on any atom is 0.294 e. The van der Waals surface area contributed by atoms with Crippen LogP contribution in [-0.4, -0.2) is 25.9 Å². The summed E-state index contributed by atoms with van der Waals surface area (Å²) in [7, 11) is -8.71. The van der Waals surface area contributed by atoms with Crippen molar-refractivity contribution in [3.63, 3.8) is 0 Å². The first-order chi connectivity index (χ1) is 10.5. The monoisotopic (exact) mass is 378 g/mol. The minimum Gasteiger partial charge on any atom is -0.456 e. The Morgan fingerprint density at radius 1 is 0.957 bits per heavy atom. The highest BCUT2D eigenvalue weighted by Gasteiger charge is 2.17. The van der Waals surface area contributed by atoms with Gasteiger partial charge in [0.1, 0.15) is 11.5 Å². The van der Waals surface area contributed by atoms with Crippen LogP contribution in [0.25, 0.3) is 0 Å². The van der Waals surface area contributed by atoms with Gasteiger partial charge in [0, 0.05) is 0 Å². The molecule has 0 spiro atoms. The van der Waals surface area contributed by atoms with Crippen molar-refractivity contribution in [3.05, 3.63) is 47.0 Å². The maximum atomic E-state index is 11.2. The van der Waals surface area contributed by atoms with Crippen LogP contribution in [0.5, 0.6) is 11.5 Å². The summed E-state index contributed by atoms with van der Waals surface area (Å²) in [5, 5.41) is -0.0536. The first-order valence-electron chi connectivity index (χ1n) is 6.01. The Labute approximate surface area is 138 Å². The van der Waals surface area contributed by atoms with E-state index in [1.54, 1.807) is 0 Å². The predicted molar refractivity (Wildman–Crippen MR) is 82.3 cm³/mol. The van der Waals surface area contributed by atoms with E-state index in [4.69, 9.17) is 25.4 Å². The average Bonchev–Trinajstić information content (AvgIpc) is 2.41. The molecule has 2 rings (SSSR count). The molecule has 0 heterocycles. The molecule has 2 aromatic carbocycles. The Kier molecular flexibility index (Phi) is 4.69. The van der Waals surface area contributed by atoms with Crippen molar-refractivity contribution in [3.8, 4) is 11.5 Å². The second kappa shape index (κ2) is 6.10. The fourth-order valence-corrected chi connectivity index (χ4v) is 3.28. The molecule has 23 heavy (non-hydrogen) atoms. The van der Waals surface area contributed by atoms with Crippen molar-refractivity contribution in [2.75, 3.05) is 0 Å². The van der Waals surface area contributed by atoms with Crippen molar-refractivity contribution in [1.82, 2.24) is 0 Å². The molecule has 0 bridgehead atoms. The molecule has 0 amide bonds. The Balaban J connectivity index is 2.36. The largest absolute Gasteiger partial charge is 0.456 e. The van der Waals surface area contributed by atoms with Gasteiger partial charge in [0.15, 0.2) is 0 Å². The molecule has 0 saturated heterocycles. The molecule has 0 fully saturated rings. The highest BCUT2D eigenvalue weighted by Crippen LogP contribution is 2.33. The van der Waals surface area contributed by atoms with E-state index in [-0.39, 0.29) is 31.9 Å². The molecule has 0 atom stereocenters. The minimum absolute atomic E-state index is 0.0536. The van der Waals surface area contributed by atoms with Gasteiger partial charge in [-0.1, -0.05) is 11.6 Å². The summed E-state index contributed by atoms with van der Waals surface area (Å²) in [5.74, 6) is 0.342. The predicted octanol–water partition coefficient (Wildman–Crippen LogP) is 2.93. The van der Waals surface area contributed by atoms with Gasteiger partial charge in [-0.3, -0.25) is 9.11 Å². The number of benzene rings is 2. The number of aryl methyl sites for hydroxylation is 1. The Morgan fingerprint density at radius 2 is 1.52 bits per heavy atom. The molecule has 0 saturated carbocycles. The minimum atomic E-state index is -4.40. The zero-order chi connectivity index (χ0) is 17.4. The van der Waals surface area contributed by atoms with Crippen LogP contribution in [-0.2, 0) is 20.2 Å². The third-order valence-electron chi connectivity index (χ3n) is 2.86. The Hall–Kier alpha value is -1.65. The van der Waals surface area contributed by atoms with Gasteiger partial charge in [-0.05, 0) is 48.9 Å². The number of ether oxygens (including phenoxy) is 1. The number of hydrogen-bond acceptors (Lipinski definition) is 5. The number of rotatable bonds is 4. The lowest BCUT2D eigenvalue weighted by Gasteiger charge is -2.11. The lowest BCUT2D eigenvalue weighted by atomic mass is 10.2. The second-order valence-electron chi connectivity index (χ2n) is 4.57. The van der Waals surface area contributed by atoms with Crippen LogP contribution in [0, 0.1) is 6.92 Å². The van der Waals surface area contributed by atoms with E-state index in [0.717, 1.165) is 18.2 Å². The molecule has 7 nitrogen and oxygen atoms in total. The normalized spacial score (nSPS) is 12.2. The molecule has 124 valence electrons. The highest BCUT2D eigenvalue weighted by atomic mass is 35.5. The molecule has 0 radical (unpaired) electrons. The van der Waals surface area contributed by atoms with Crippen LogP contribution in [0.1, 0.15) is 5.56 Å². The van der Waals surface area contributed by atoms with E-state index in [0.29, 0.717) is 0 Å². The van der Waals surface area contributed by atoms with Gasteiger partial charge in [-0.15, -0.1) is 0 Å². The summed E-state index contributed by atoms with van der Waals surface area (Å²) in [6, 6.07) is 7.24. The van der Waals surface area contributed by atoms with E-state index in [1.807, 2.05) is 0 Å². The van der Waals surface area contributed by atoms with Crippen LogP contribution in [0.4, 0.5) is 0 Å². The first kappa shape index (κ1) is 17.7. The molecule has 0 aliphatic rings. The van der Waals surface area contributed by atoms with Gasteiger partial charge < -0.3 is 4.74 Å². The standard InChI is InChI=1S/C13H11ClO7S2/c1-8-6-12(11(14)7-13(8)23(18,19)20)21-9-2-4-10(5-3-9)22(15,16)17/h2-7H,1H3,(H,15,16,17)(H,18,19,20).